The predicted octanol–water partition coefficient (Wildman–Crippen LogP) is 2.41. The van der Waals surface area contributed by atoms with Gasteiger partial charge in [-0.1, -0.05) is 35.5 Å². The lowest BCUT2D eigenvalue weighted by Crippen LogP contribution is -2.53. The largest absolute Gasteiger partial charge is 0.377 e. The van der Waals surface area contributed by atoms with Gasteiger partial charge in [0.15, 0.2) is 5.82 Å². The number of nitrogens with one attached hydrogen (secondary N) is 1. The Morgan fingerprint density at radius 2 is 2.08 bits per heavy atom. The molecule has 1 aliphatic carbocycles. The van der Waals surface area contributed by atoms with Gasteiger partial charge in [-0.15, -0.1) is 0 Å². The van der Waals surface area contributed by atoms with Gasteiger partial charge < -0.3 is 19.5 Å². The second kappa shape index (κ2) is 6.84. The minimum absolute atomic E-state index is 0.0827. The molecule has 2 fully saturated rings. The zero-order chi connectivity index (χ0) is 17.2. The number of rotatable bonds is 3. The first kappa shape index (κ1) is 16.1. The molecule has 7 nitrogen and oxygen atoms in total. The van der Waals surface area contributed by atoms with Crippen LogP contribution in [0.3, 0.4) is 0 Å². The van der Waals surface area contributed by atoms with Gasteiger partial charge in [-0.3, -0.25) is 0 Å². The Bertz CT molecular complexity index is 727. The zero-order valence-electron chi connectivity index (χ0n) is 14.2. The highest BCUT2D eigenvalue weighted by atomic mass is 16.5. The number of aromatic nitrogens is 2. The first-order chi connectivity index (χ1) is 12.2. The van der Waals surface area contributed by atoms with E-state index < -0.39 is 0 Å². The Morgan fingerprint density at radius 3 is 2.80 bits per heavy atom. The van der Waals surface area contributed by atoms with Crippen LogP contribution in [0.5, 0.6) is 0 Å². The summed E-state index contributed by atoms with van der Waals surface area (Å²) in [5.74, 6) is 1.53. The van der Waals surface area contributed by atoms with E-state index in [0.717, 1.165) is 12.8 Å². The van der Waals surface area contributed by atoms with Crippen LogP contribution in [0, 0.1) is 6.92 Å². The van der Waals surface area contributed by atoms with E-state index in [1.165, 1.54) is 5.56 Å². The molecular formula is C18H22N4O3. The van der Waals surface area contributed by atoms with E-state index in [1.807, 2.05) is 6.07 Å². The van der Waals surface area contributed by atoms with Crippen molar-refractivity contribution < 1.29 is 14.1 Å². The van der Waals surface area contributed by atoms with Gasteiger partial charge in [-0.05, 0) is 31.2 Å². The molecule has 0 radical (unpaired) electrons. The molecule has 1 atom stereocenters. The molecular weight excluding hydrogens is 320 g/mol. The molecule has 2 heterocycles. The lowest BCUT2D eigenvalue weighted by Gasteiger charge is -2.39. The van der Waals surface area contributed by atoms with Crippen molar-refractivity contribution in [2.24, 2.45) is 0 Å². The van der Waals surface area contributed by atoms with Crippen molar-refractivity contribution in [3.63, 3.8) is 0 Å². The van der Waals surface area contributed by atoms with Crippen molar-refractivity contribution in [2.75, 3.05) is 19.8 Å². The second-order valence-corrected chi connectivity index (χ2v) is 6.69. The fraction of sp³-hybridized carbons (Fsp3) is 0.500. The summed E-state index contributed by atoms with van der Waals surface area (Å²) in [6.07, 6.45) is 1.95. The number of carbonyl (C=O) groups is 1. The molecule has 25 heavy (non-hydrogen) atoms. The average Bonchev–Trinajstić information content (AvgIpc) is 3.04. The van der Waals surface area contributed by atoms with E-state index in [9.17, 15) is 4.79 Å². The number of urea groups is 1. The van der Waals surface area contributed by atoms with Crippen LogP contribution in [0.2, 0.25) is 0 Å². The topological polar surface area (TPSA) is 80.5 Å². The molecule has 2 aromatic rings. The summed E-state index contributed by atoms with van der Waals surface area (Å²) in [4.78, 5) is 18.7. The van der Waals surface area contributed by atoms with Gasteiger partial charge in [0, 0.05) is 12.6 Å². The number of nitrogens with zero attached hydrogens (tertiary/aromatic N) is 3. The Kier molecular flexibility index (Phi) is 4.40. The molecule has 2 aliphatic rings. The van der Waals surface area contributed by atoms with Crippen LogP contribution in [0.1, 0.15) is 42.1 Å². The molecule has 1 aromatic heterocycles. The molecule has 1 N–H and O–H groups in total. The first-order valence-corrected chi connectivity index (χ1v) is 8.70. The molecule has 2 amide bonds. The summed E-state index contributed by atoms with van der Waals surface area (Å²) in [6.45, 7) is 3.19. The first-order valence-electron chi connectivity index (χ1n) is 8.70. The highest BCUT2D eigenvalue weighted by molar-refractivity contribution is 5.75. The maximum Gasteiger partial charge on any atom is 0.318 e. The van der Waals surface area contributed by atoms with Gasteiger partial charge in [0.2, 0.25) is 0 Å². The van der Waals surface area contributed by atoms with E-state index in [-0.39, 0.29) is 18.1 Å². The highest BCUT2D eigenvalue weighted by Gasteiger charge is 2.36. The number of morpholine rings is 1. The lowest BCUT2D eigenvalue weighted by atomic mass is 9.76. The van der Waals surface area contributed by atoms with Crippen molar-refractivity contribution in [1.82, 2.24) is 20.4 Å². The average molecular weight is 342 g/mol. The van der Waals surface area contributed by atoms with E-state index in [2.05, 4.69) is 39.7 Å². The quantitative estimate of drug-likeness (QED) is 0.926. The van der Waals surface area contributed by atoms with E-state index in [0.29, 0.717) is 37.4 Å². The highest BCUT2D eigenvalue weighted by Crippen LogP contribution is 2.37. The van der Waals surface area contributed by atoms with Crippen LogP contribution in [-0.4, -0.2) is 46.9 Å². The van der Waals surface area contributed by atoms with Crippen molar-refractivity contribution in [1.29, 1.82) is 0 Å². The van der Waals surface area contributed by atoms with Gasteiger partial charge in [0.05, 0.1) is 13.2 Å². The van der Waals surface area contributed by atoms with Crippen LogP contribution < -0.4 is 5.32 Å². The van der Waals surface area contributed by atoms with Crippen LogP contribution in [0.4, 0.5) is 4.79 Å². The molecule has 1 aliphatic heterocycles. The van der Waals surface area contributed by atoms with Gasteiger partial charge in [-0.2, -0.15) is 4.98 Å². The molecule has 1 aromatic carbocycles. The van der Waals surface area contributed by atoms with Crippen molar-refractivity contribution in [3.8, 4) is 0 Å². The van der Waals surface area contributed by atoms with Crippen LogP contribution in [-0.2, 0) is 4.74 Å². The molecule has 0 spiro atoms. The monoisotopic (exact) mass is 342 g/mol. The summed E-state index contributed by atoms with van der Waals surface area (Å²) in [5, 5.41) is 6.95. The van der Waals surface area contributed by atoms with E-state index in [4.69, 9.17) is 9.26 Å². The van der Waals surface area contributed by atoms with Gasteiger partial charge >= 0.3 is 6.03 Å². The fourth-order valence-electron chi connectivity index (χ4n) is 3.49. The minimum atomic E-state index is -0.319. The number of benzene rings is 1. The third-order valence-corrected chi connectivity index (χ3v) is 4.95. The Morgan fingerprint density at radius 1 is 1.28 bits per heavy atom. The standard InChI is InChI=1S/C18H22N4O3/c1-12-19-17(25-21-12)16-11-24-8-7-22(16)18(23)20-15-9-14(10-15)13-5-3-2-4-6-13/h2-6,14-16H,7-11H2,1H3,(H,20,23). The SMILES string of the molecule is Cc1noc(C2COCCN2C(=O)NC2CC(c3ccccc3)C2)n1. The van der Waals surface area contributed by atoms with Gasteiger partial charge in [0.25, 0.3) is 5.89 Å². The summed E-state index contributed by atoms with van der Waals surface area (Å²) < 4.78 is 10.7. The number of hydrogen-bond acceptors (Lipinski definition) is 5. The van der Waals surface area contributed by atoms with Gasteiger partial charge in [-0.25, -0.2) is 4.79 Å². The van der Waals surface area contributed by atoms with Crippen molar-refractivity contribution >= 4 is 6.03 Å². The normalized spacial score (nSPS) is 26.1. The van der Waals surface area contributed by atoms with Crippen LogP contribution in [0.25, 0.3) is 0 Å². The minimum Gasteiger partial charge on any atom is -0.377 e. The third-order valence-electron chi connectivity index (χ3n) is 4.95. The molecule has 1 saturated heterocycles. The molecule has 7 heteroatoms. The fourth-order valence-corrected chi connectivity index (χ4v) is 3.49. The maximum absolute atomic E-state index is 12.7. The van der Waals surface area contributed by atoms with Gasteiger partial charge in [0.1, 0.15) is 6.04 Å². The van der Waals surface area contributed by atoms with Crippen LogP contribution >= 0.6 is 0 Å². The molecule has 1 unspecified atom stereocenters. The summed E-state index contributed by atoms with van der Waals surface area (Å²) in [5.41, 5.74) is 1.35. The number of carbonyl (C=O) groups excluding carboxylic acids is 1. The molecule has 0 bridgehead atoms. The second-order valence-electron chi connectivity index (χ2n) is 6.69. The zero-order valence-corrected chi connectivity index (χ0v) is 14.2. The van der Waals surface area contributed by atoms with Crippen LogP contribution in [0.15, 0.2) is 34.9 Å². The lowest BCUT2D eigenvalue weighted by molar-refractivity contribution is -0.000784. The van der Waals surface area contributed by atoms with Crippen molar-refractivity contribution in [2.45, 2.75) is 37.8 Å². The molecule has 1 saturated carbocycles. The summed E-state index contributed by atoms with van der Waals surface area (Å²) in [7, 11) is 0. The summed E-state index contributed by atoms with van der Waals surface area (Å²) in [6, 6.07) is 10.3. The molecule has 132 valence electrons. The maximum atomic E-state index is 12.7. The van der Waals surface area contributed by atoms with E-state index in [1.54, 1.807) is 11.8 Å². The van der Waals surface area contributed by atoms with E-state index >= 15 is 0 Å². The Hall–Kier alpha value is -2.41. The predicted molar refractivity (Wildman–Crippen MR) is 90.0 cm³/mol. The Labute approximate surface area is 146 Å². The van der Waals surface area contributed by atoms with Crippen molar-refractivity contribution in [3.05, 3.63) is 47.6 Å². The number of hydrogen-bond donors (Lipinski definition) is 1. The summed E-state index contributed by atoms with van der Waals surface area (Å²) >= 11 is 0. The smallest absolute Gasteiger partial charge is 0.318 e. The number of amides is 2. The number of ether oxygens (including phenoxy) is 1. The number of aryl methyl sites for hydroxylation is 1. The molecule has 4 rings (SSSR count). The Balaban J connectivity index is 1.36. The third kappa shape index (κ3) is 3.37.